The van der Waals surface area contributed by atoms with E-state index in [0.717, 1.165) is 32.5 Å². The number of aliphatic carboxylic acids is 1. The Bertz CT molecular complexity index is 227. The van der Waals surface area contributed by atoms with Crippen LogP contribution >= 0.6 is 0 Å². The number of rotatable bonds is 7. The van der Waals surface area contributed by atoms with Gasteiger partial charge < -0.3 is 19.5 Å². The second-order valence-corrected chi connectivity index (χ2v) is 4.35. The monoisotopic (exact) mass is 245 g/mol. The summed E-state index contributed by atoms with van der Waals surface area (Å²) >= 11 is 0. The molecule has 1 unspecified atom stereocenters. The highest BCUT2D eigenvalue weighted by Crippen LogP contribution is 2.13. The Morgan fingerprint density at radius 3 is 2.59 bits per heavy atom. The molecule has 100 valence electrons. The third-order valence-electron chi connectivity index (χ3n) is 3.22. The standard InChI is InChI=1S/C12H23NO4/c1-3-17-11(12(14)15)6-9-13-7-4-10(16-2)5-8-13/h10-11H,3-9H2,1-2H3,(H,14,15). The molecule has 0 aromatic rings. The molecule has 1 rings (SSSR count). The Morgan fingerprint density at radius 2 is 2.12 bits per heavy atom. The zero-order valence-corrected chi connectivity index (χ0v) is 10.7. The van der Waals surface area contributed by atoms with Crippen LogP contribution in [0.5, 0.6) is 0 Å². The summed E-state index contributed by atoms with van der Waals surface area (Å²) in [6, 6.07) is 0. The first-order valence-corrected chi connectivity index (χ1v) is 6.27. The minimum Gasteiger partial charge on any atom is -0.479 e. The molecule has 0 aromatic heterocycles. The highest BCUT2D eigenvalue weighted by molar-refractivity contribution is 5.72. The zero-order valence-electron chi connectivity index (χ0n) is 10.7. The lowest BCUT2D eigenvalue weighted by atomic mass is 10.1. The SMILES string of the molecule is CCOC(CCN1CCC(OC)CC1)C(=O)O. The quantitative estimate of drug-likeness (QED) is 0.724. The van der Waals surface area contributed by atoms with E-state index in [1.807, 2.05) is 6.92 Å². The van der Waals surface area contributed by atoms with E-state index in [0.29, 0.717) is 19.1 Å². The molecule has 0 bridgehead atoms. The van der Waals surface area contributed by atoms with Gasteiger partial charge in [-0.05, 0) is 26.2 Å². The first-order chi connectivity index (χ1) is 8.17. The van der Waals surface area contributed by atoms with Crippen molar-refractivity contribution >= 4 is 5.97 Å². The Labute approximate surface area is 103 Å². The molecule has 0 aromatic carbocycles. The maximum Gasteiger partial charge on any atom is 0.332 e. The van der Waals surface area contributed by atoms with Gasteiger partial charge in [-0.1, -0.05) is 0 Å². The molecule has 0 spiro atoms. The summed E-state index contributed by atoms with van der Waals surface area (Å²) in [5.74, 6) is -0.862. The molecule has 0 aliphatic carbocycles. The highest BCUT2D eigenvalue weighted by Gasteiger charge is 2.22. The largest absolute Gasteiger partial charge is 0.479 e. The van der Waals surface area contributed by atoms with Gasteiger partial charge >= 0.3 is 5.97 Å². The summed E-state index contributed by atoms with van der Waals surface area (Å²) in [5, 5.41) is 8.95. The Balaban J connectivity index is 2.23. The van der Waals surface area contributed by atoms with Crippen LogP contribution in [0, 0.1) is 0 Å². The van der Waals surface area contributed by atoms with Crippen molar-refractivity contribution < 1.29 is 19.4 Å². The second-order valence-electron chi connectivity index (χ2n) is 4.35. The van der Waals surface area contributed by atoms with E-state index in [1.165, 1.54) is 0 Å². The number of methoxy groups -OCH3 is 1. The van der Waals surface area contributed by atoms with Crippen molar-refractivity contribution in [2.24, 2.45) is 0 Å². The predicted octanol–water partition coefficient (Wildman–Crippen LogP) is 0.977. The van der Waals surface area contributed by atoms with E-state index >= 15 is 0 Å². The molecule has 5 nitrogen and oxygen atoms in total. The smallest absolute Gasteiger partial charge is 0.332 e. The third kappa shape index (κ3) is 5.02. The van der Waals surface area contributed by atoms with Gasteiger partial charge in [-0.15, -0.1) is 0 Å². The first-order valence-electron chi connectivity index (χ1n) is 6.27. The van der Waals surface area contributed by atoms with Gasteiger partial charge in [0.25, 0.3) is 0 Å². The molecule has 1 aliphatic rings. The van der Waals surface area contributed by atoms with E-state index in [1.54, 1.807) is 7.11 Å². The van der Waals surface area contributed by atoms with Gasteiger partial charge in [0, 0.05) is 33.4 Å². The minimum atomic E-state index is -0.862. The fourth-order valence-corrected chi connectivity index (χ4v) is 2.15. The molecule has 17 heavy (non-hydrogen) atoms. The Hall–Kier alpha value is -0.650. The average molecular weight is 245 g/mol. The summed E-state index contributed by atoms with van der Waals surface area (Å²) in [7, 11) is 1.75. The fourth-order valence-electron chi connectivity index (χ4n) is 2.15. The number of carboxylic acids is 1. The number of piperidine rings is 1. The molecular weight excluding hydrogens is 222 g/mol. The molecule has 0 saturated carbocycles. The van der Waals surface area contributed by atoms with Crippen molar-refractivity contribution in [1.82, 2.24) is 4.90 Å². The molecule has 0 radical (unpaired) electrons. The fraction of sp³-hybridized carbons (Fsp3) is 0.917. The molecule has 1 fully saturated rings. The van der Waals surface area contributed by atoms with Crippen molar-refractivity contribution in [3.8, 4) is 0 Å². The summed E-state index contributed by atoms with van der Waals surface area (Å²) in [6.45, 7) is 5.02. The lowest BCUT2D eigenvalue weighted by Gasteiger charge is -2.31. The number of nitrogens with zero attached hydrogens (tertiary/aromatic N) is 1. The van der Waals surface area contributed by atoms with Crippen LogP contribution in [0.15, 0.2) is 0 Å². The summed E-state index contributed by atoms with van der Waals surface area (Å²) < 4.78 is 10.5. The summed E-state index contributed by atoms with van der Waals surface area (Å²) in [6.07, 6.45) is 2.32. The first kappa shape index (κ1) is 14.4. The maximum atomic E-state index is 10.9. The van der Waals surface area contributed by atoms with Crippen LogP contribution in [0.4, 0.5) is 0 Å². The molecule has 5 heteroatoms. The number of carbonyl (C=O) groups is 1. The molecule has 0 amide bonds. The number of likely N-dealkylation sites (tertiary alicyclic amines) is 1. The van der Waals surface area contributed by atoms with E-state index in [9.17, 15) is 4.79 Å². The number of hydrogen-bond acceptors (Lipinski definition) is 4. The van der Waals surface area contributed by atoms with Crippen molar-refractivity contribution in [3.63, 3.8) is 0 Å². The normalized spacial score (nSPS) is 20.4. The second kappa shape index (κ2) is 7.63. The predicted molar refractivity (Wildman–Crippen MR) is 64.1 cm³/mol. The molecular formula is C12H23NO4. The molecule has 1 aliphatic heterocycles. The van der Waals surface area contributed by atoms with Crippen LogP contribution in [0.2, 0.25) is 0 Å². The van der Waals surface area contributed by atoms with E-state index in [-0.39, 0.29) is 0 Å². The van der Waals surface area contributed by atoms with Gasteiger partial charge in [-0.25, -0.2) is 4.79 Å². The van der Waals surface area contributed by atoms with E-state index < -0.39 is 12.1 Å². The van der Waals surface area contributed by atoms with Gasteiger partial charge in [0.1, 0.15) is 0 Å². The number of ether oxygens (including phenoxy) is 2. The minimum absolute atomic E-state index is 0.369. The average Bonchev–Trinajstić information content (AvgIpc) is 2.34. The molecule has 1 atom stereocenters. The van der Waals surface area contributed by atoms with Gasteiger partial charge in [0.2, 0.25) is 0 Å². The van der Waals surface area contributed by atoms with Gasteiger partial charge in [-0.2, -0.15) is 0 Å². The summed E-state index contributed by atoms with van der Waals surface area (Å²) in [4.78, 5) is 13.2. The van der Waals surface area contributed by atoms with E-state index in [2.05, 4.69) is 4.90 Å². The lowest BCUT2D eigenvalue weighted by Crippen LogP contribution is -2.39. The lowest BCUT2D eigenvalue weighted by molar-refractivity contribution is -0.150. The Morgan fingerprint density at radius 1 is 1.47 bits per heavy atom. The Kier molecular flexibility index (Phi) is 6.47. The topological polar surface area (TPSA) is 59.0 Å². The summed E-state index contributed by atoms with van der Waals surface area (Å²) in [5.41, 5.74) is 0. The van der Waals surface area contributed by atoms with Gasteiger partial charge in [0.05, 0.1) is 6.10 Å². The maximum absolute atomic E-state index is 10.9. The molecule has 1 saturated heterocycles. The van der Waals surface area contributed by atoms with Crippen LogP contribution in [0.3, 0.4) is 0 Å². The molecule has 1 heterocycles. The van der Waals surface area contributed by atoms with Crippen molar-refractivity contribution in [2.75, 3.05) is 33.4 Å². The van der Waals surface area contributed by atoms with Crippen LogP contribution in [0.1, 0.15) is 26.2 Å². The number of hydrogen-bond donors (Lipinski definition) is 1. The zero-order chi connectivity index (χ0) is 12.7. The van der Waals surface area contributed by atoms with Crippen LogP contribution in [-0.4, -0.2) is 61.5 Å². The van der Waals surface area contributed by atoms with Crippen molar-refractivity contribution in [1.29, 1.82) is 0 Å². The van der Waals surface area contributed by atoms with Crippen LogP contribution < -0.4 is 0 Å². The van der Waals surface area contributed by atoms with Crippen molar-refractivity contribution in [3.05, 3.63) is 0 Å². The van der Waals surface area contributed by atoms with Gasteiger partial charge in [-0.3, -0.25) is 0 Å². The van der Waals surface area contributed by atoms with Crippen LogP contribution in [0.25, 0.3) is 0 Å². The number of carboxylic acid groups (broad SMARTS) is 1. The van der Waals surface area contributed by atoms with Gasteiger partial charge in [0.15, 0.2) is 6.10 Å². The van der Waals surface area contributed by atoms with Crippen molar-refractivity contribution in [2.45, 2.75) is 38.4 Å². The molecule has 1 N–H and O–H groups in total. The highest BCUT2D eigenvalue weighted by atomic mass is 16.5. The van der Waals surface area contributed by atoms with E-state index in [4.69, 9.17) is 14.6 Å². The third-order valence-corrected chi connectivity index (χ3v) is 3.22. The van der Waals surface area contributed by atoms with Crippen LogP contribution in [-0.2, 0) is 14.3 Å².